The minimum Gasteiger partial charge on any atom is -0.338 e. The van der Waals surface area contributed by atoms with Crippen molar-refractivity contribution in [2.24, 2.45) is 7.05 Å². The molecule has 1 amide bonds. The third kappa shape index (κ3) is 3.01. The minimum absolute atomic E-state index is 0.0264. The first-order valence-corrected chi connectivity index (χ1v) is 7.56. The second-order valence-corrected chi connectivity index (χ2v) is 5.39. The lowest BCUT2D eigenvalue weighted by molar-refractivity contribution is -0.128. The first kappa shape index (κ1) is 14.7. The van der Waals surface area contributed by atoms with Crippen molar-refractivity contribution in [1.82, 2.24) is 24.6 Å². The number of halogens is 1. The third-order valence-corrected chi connectivity index (χ3v) is 3.86. The Hall–Kier alpha value is -2.21. The molecule has 0 fully saturated rings. The van der Waals surface area contributed by atoms with E-state index in [1.165, 1.54) is 0 Å². The number of rotatable bonds is 3. The van der Waals surface area contributed by atoms with Gasteiger partial charge >= 0.3 is 0 Å². The van der Waals surface area contributed by atoms with Gasteiger partial charge in [0.1, 0.15) is 12.2 Å². The molecule has 114 valence electrons. The molecule has 22 heavy (non-hydrogen) atoms. The Balaban J connectivity index is 1.74. The maximum absolute atomic E-state index is 11.5. The molecule has 0 aliphatic carbocycles. The highest BCUT2D eigenvalue weighted by Crippen LogP contribution is 2.22. The van der Waals surface area contributed by atoms with E-state index in [1.807, 2.05) is 25.3 Å². The summed E-state index contributed by atoms with van der Waals surface area (Å²) < 4.78 is 1.66. The van der Waals surface area contributed by atoms with Crippen LogP contribution in [0.15, 0.2) is 30.7 Å². The van der Waals surface area contributed by atoms with Gasteiger partial charge < -0.3 is 4.90 Å². The normalized spacial score (nSPS) is 14.8. The number of aryl methyl sites for hydroxylation is 1. The Bertz CT molecular complexity index is 707. The van der Waals surface area contributed by atoms with Gasteiger partial charge in [-0.25, -0.2) is 4.98 Å². The van der Waals surface area contributed by atoms with E-state index in [2.05, 4.69) is 15.1 Å². The van der Waals surface area contributed by atoms with Gasteiger partial charge in [-0.15, -0.1) is 11.6 Å². The van der Waals surface area contributed by atoms with Crippen molar-refractivity contribution < 1.29 is 4.79 Å². The summed E-state index contributed by atoms with van der Waals surface area (Å²) in [6.07, 6.45) is 6.27. The van der Waals surface area contributed by atoms with Crippen LogP contribution in [-0.4, -0.2) is 49.5 Å². The average molecular weight is 318 g/mol. The second-order valence-electron chi connectivity index (χ2n) is 5.13. The van der Waals surface area contributed by atoms with Crippen LogP contribution < -0.4 is 0 Å². The molecule has 1 aliphatic heterocycles. The van der Waals surface area contributed by atoms with Gasteiger partial charge in [-0.1, -0.05) is 6.08 Å². The number of amides is 1. The zero-order valence-electron chi connectivity index (χ0n) is 12.2. The van der Waals surface area contributed by atoms with Gasteiger partial charge in [0.25, 0.3) is 0 Å². The van der Waals surface area contributed by atoms with E-state index >= 15 is 0 Å². The van der Waals surface area contributed by atoms with Crippen molar-refractivity contribution in [3.05, 3.63) is 36.4 Å². The van der Waals surface area contributed by atoms with Gasteiger partial charge in [-0.05, 0) is 24.1 Å². The van der Waals surface area contributed by atoms with Crippen LogP contribution >= 0.6 is 11.6 Å². The van der Waals surface area contributed by atoms with E-state index in [-0.39, 0.29) is 11.8 Å². The van der Waals surface area contributed by atoms with Crippen LogP contribution in [0.5, 0.6) is 0 Å². The van der Waals surface area contributed by atoms with E-state index in [0.717, 1.165) is 23.3 Å². The largest absolute Gasteiger partial charge is 0.338 e. The van der Waals surface area contributed by atoms with Crippen LogP contribution in [0.1, 0.15) is 12.1 Å². The highest BCUT2D eigenvalue weighted by molar-refractivity contribution is 6.27. The minimum atomic E-state index is -0.0264. The summed E-state index contributed by atoms with van der Waals surface area (Å²) in [7, 11) is 1.83. The molecule has 0 saturated carbocycles. The van der Waals surface area contributed by atoms with Crippen LogP contribution in [0.3, 0.4) is 0 Å². The lowest BCUT2D eigenvalue weighted by Crippen LogP contribution is -2.35. The third-order valence-electron chi connectivity index (χ3n) is 3.63. The van der Waals surface area contributed by atoms with E-state index in [1.54, 1.807) is 22.1 Å². The summed E-state index contributed by atoms with van der Waals surface area (Å²) in [5.41, 5.74) is 2.97. The van der Waals surface area contributed by atoms with Gasteiger partial charge in [0.05, 0.1) is 5.69 Å². The Morgan fingerprint density at radius 2 is 2.23 bits per heavy atom. The summed E-state index contributed by atoms with van der Waals surface area (Å²) in [6, 6.07) is 3.94. The number of hydrogen-bond acceptors (Lipinski definition) is 4. The quantitative estimate of drug-likeness (QED) is 0.809. The Labute approximate surface area is 133 Å². The van der Waals surface area contributed by atoms with Gasteiger partial charge in [0.15, 0.2) is 5.82 Å². The molecule has 6 nitrogen and oxygen atoms in total. The summed E-state index contributed by atoms with van der Waals surface area (Å²) in [5, 5.41) is 4.26. The average Bonchev–Trinajstić information content (AvgIpc) is 3.01. The molecule has 2 aromatic heterocycles. The van der Waals surface area contributed by atoms with Crippen LogP contribution in [0.2, 0.25) is 0 Å². The van der Waals surface area contributed by atoms with Crippen LogP contribution in [0.4, 0.5) is 0 Å². The topological polar surface area (TPSA) is 63.9 Å². The van der Waals surface area contributed by atoms with Crippen molar-refractivity contribution >= 4 is 23.1 Å². The van der Waals surface area contributed by atoms with Gasteiger partial charge in [0.2, 0.25) is 5.91 Å². The summed E-state index contributed by atoms with van der Waals surface area (Å²) in [4.78, 5) is 22.0. The number of hydrogen-bond donors (Lipinski definition) is 0. The Morgan fingerprint density at radius 1 is 1.36 bits per heavy atom. The fourth-order valence-electron chi connectivity index (χ4n) is 2.40. The van der Waals surface area contributed by atoms with Crippen molar-refractivity contribution in [3.63, 3.8) is 0 Å². The Morgan fingerprint density at radius 3 is 2.77 bits per heavy atom. The maximum atomic E-state index is 11.5. The summed E-state index contributed by atoms with van der Waals surface area (Å²) in [5.74, 6) is 0.673. The molecule has 0 aromatic carbocycles. The number of carbonyl (C=O) groups excluding carboxylic acids is 1. The molecule has 2 aromatic rings. The van der Waals surface area contributed by atoms with Crippen LogP contribution in [0.25, 0.3) is 17.0 Å². The fraction of sp³-hybridized carbons (Fsp3) is 0.333. The van der Waals surface area contributed by atoms with Gasteiger partial charge in [-0.2, -0.15) is 5.10 Å². The lowest BCUT2D eigenvalue weighted by atomic mass is 10.0. The summed E-state index contributed by atoms with van der Waals surface area (Å²) in [6.45, 7) is 1.27. The zero-order chi connectivity index (χ0) is 15.5. The SMILES string of the molecule is Cn1cnc(-c2ccc(C3=CCN(C(=O)CCl)CC3)nc2)n1. The number of alkyl halides is 1. The summed E-state index contributed by atoms with van der Waals surface area (Å²) >= 11 is 5.58. The molecular weight excluding hydrogens is 302 g/mol. The standard InChI is InChI=1S/C15H16ClN5O/c1-20-10-18-15(19-20)12-2-3-13(17-9-12)11-4-6-21(7-5-11)14(22)8-16/h2-4,9-10H,5-8H2,1H3. The molecule has 3 heterocycles. The van der Waals surface area contributed by atoms with Crippen molar-refractivity contribution in [3.8, 4) is 11.4 Å². The smallest absolute Gasteiger partial charge is 0.237 e. The molecular formula is C15H16ClN5O. The first-order chi connectivity index (χ1) is 10.7. The van der Waals surface area contributed by atoms with E-state index in [9.17, 15) is 4.79 Å². The fourth-order valence-corrected chi connectivity index (χ4v) is 2.57. The second kappa shape index (κ2) is 6.27. The highest BCUT2D eigenvalue weighted by atomic mass is 35.5. The maximum Gasteiger partial charge on any atom is 0.237 e. The zero-order valence-corrected chi connectivity index (χ0v) is 13.0. The van der Waals surface area contributed by atoms with E-state index < -0.39 is 0 Å². The number of carbonyl (C=O) groups is 1. The molecule has 1 aliphatic rings. The predicted molar refractivity (Wildman–Crippen MR) is 84.1 cm³/mol. The monoisotopic (exact) mass is 317 g/mol. The molecule has 0 unspecified atom stereocenters. The van der Waals surface area contributed by atoms with Crippen LogP contribution in [0, 0.1) is 0 Å². The van der Waals surface area contributed by atoms with Gasteiger partial charge in [-0.3, -0.25) is 14.5 Å². The molecule has 7 heteroatoms. The highest BCUT2D eigenvalue weighted by Gasteiger charge is 2.17. The van der Waals surface area contributed by atoms with Gasteiger partial charge in [0, 0.05) is 31.9 Å². The number of nitrogens with zero attached hydrogens (tertiary/aromatic N) is 5. The molecule has 0 spiro atoms. The molecule has 0 atom stereocenters. The Kier molecular flexibility index (Phi) is 4.20. The predicted octanol–water partition coefficient (Wildman–Crippen LogP) is 1.73. The van der Waals surface area contributed by atoms with E-state index in [0.29, 0.717) is 18.9 Å². The molecule has 3 rings (SSSR count). The van der Waals surface area contributed by atoms with Crippen molar-refractivity contribution in [2.45, 2.75) is 6.42 Å². The van der Waals surface area contributed by atoms with Crippen LogP contribution in [-0.2, 0) is 11.8 Å². The molecule has 0 N–H and O–H groups in total. The van der Waals surface area contributed by atoms with Crippen molar-refractivity contribution in [1.29, 1.82) is 0 Å². The molecule has 0 bridgehead atoms. The lowest BCUT2D eigenvalue weighted by Gasteiger charge is -2.25. The number of pyridine rings is 1. The van der Waals surface area contributed by atoms with Crippen molar-refractivity contribution in [2.75, 3.05) is 19.0 Å². The first-order valence-electron chi connectivity index (χ1n) is 7.02. The van der Waals surface area contributed by atoms with E-state index in [4.69, 9.17) is 11.6 Å². The molecule has 0 radical (unpaired) electrons. The number of aromatic nitrogens is 4. The molecule has 0 saturated heterocycles.